The Morgan fingerprint density at radius 3 is 2.43 bits per heavy atom. The van der Waals surface area contributed by atoms with Crippen molar-refractivity contribution in [3.63, 3.8) is 0 Å². The van der Waals surface area contributed by atoms with Crippen molar-refractivity contribution in [2.75, 3.05) is 5.73 Å². The number of hydrogen-bond donors (Lipinski definition) is 2. The molecule has 6 nitrogen and oxygen atoms in total. The number of hydrogen-bond acceptors (Lipinski definition) is 5. The zero-order valence-electron chi connectivity index (χ0n) is 10.9. The van der Waals surface area contributed by atoms with Gasteiger partial charge >= 0.3 is 0 Å². The van der Waals surface area contributed by atoms with E-state index in [9.17, 15) is 18.3 Å². The molecule has 1 amide bonds. The van der Waals surface area contributed by atoms with Crippen LogP contribution < -0.4 is 5.73 Å². The highest BCUT2D eigenvalue weighted by atomic mass is 32.2. The fourth-order valence-corrected chi connectivity index (χ4v) is 3.76. The number of carbonyl (C=O) groups excluding carboxylic acids is 1. The molecule has 0 bridgehead atoms. The van der Waals surface area contributed by atoms with Gasteiger partial charge in [0.25, 0.3) is 15.9 Å². The number of phenols is 1. The molecule has 0 saturated heterocycles. The summed E-state index contributed by atoms with van der Waals surface area (Å²) in [5, 5.41) is 9.23. The summed E-state index contributed by atoms with van der Waals surface area (Å²) >= 11 is 0. The number of nitrogen functional groups attached to an aromatic ring is 1. The molecule has 108 valence electrons. The lowest BCUT2D eigenvalue weighted by Crippen LogP contribution is -2.29. The molecule has 2 aromatic rings. The lowest BCUT2D eigenvalue weighted by atomic mass is 10.1. The monoisotopic (exact) mass is 304 g/mol. The Hall–Kier alpha value is -2.54. The first-order valence-corrected chi connectivity index (χ1v) is 7.58. The minimum atomic E-state index is -3.85. The average Bonchev–Trinajstić information content (AvgIpc) is 2.62. The zero-order valence-corrected chi connectivity index (χ0v) is 11.7. The maximum absolute atomic E-state index is 12.4. The van der Waals surface area contributed by atoms with Crippen LogP contribution in [0.2, 0.25) is 0 Å². The molecule has 7 heteroatoms. The van der Waals surface area contributed by atoms with Gasteiger partial charge in [-0.2, -0.15) is 0 Å². The molecule has 0 aromatic heterocycles. The molecule has 3 N–H and O–H groups in total. The van der Waals surface area contributed by atoms with Crippen LogP contribution >= 0.6 is 0 Å². The number of fused-ring (bicyclic) bond motifs is 1. The lowest BCUT2D eigenvalue weighted by Gasteiger charge is -2.15. The summed E-state index contributed by atoms with van der Waals surface area (Å²) < 4.78 is 25.6. The van der Waals surface area contributed by atoms with Gasteiger partial charge in [-0.3, -0.25) is 4.79 Å². The second kappa shape index (κ2) is 4.49. The number of carbonyl (C=O) groups is 1. The van der Waals surface area contributed by atoms with Gasteiger partial charge in [-0.05, 0) is 35.9 Å². The van der Waals surface area contributed by atoms with E-state index in [1.807, 2.05) is 0 Å². The second-order valence-electron chi connectivity index (χ2n) is 4.74. The maximum Gasteiger partial charge on any atom is 0.269 e. The van der Waals surface area contributed by atoms with Crippen LogP contribution in [-0.2, 0) is 16.6 Å². The molecule has 0 saturated carbocycles. The quantitative estimate of drug-likeness (QED) is 0.815. The van der Waals surface area contributed by atoms with Crippen LogP contribution in [0.5, 0.6) is 5.75 Å². The number of amides is 1. The molecule has 21 heavy (non-hydrogen) atoms. The first-order chi connectivity index (χ1) is 9.89. The number of phenolic OH excluding ortho intramolecular Hbond substituents is 1. The normalized spacial score (nSPS) is 16.0. The van der Waals surface area contributed by atoms with Crippen molar-refractivity contribution in [1.82, 2.24) is 4.31 Å². The highest BCUT2D eigenvalue weighted by Crippen LogP contribution is 2.32. The SMILES string of the molecule is Nc1ccc2c(c1)C(=O)N(Cc1ccc(O)cc1)S2(=O)=O. The minimum absolute atomic E-state index is 0.0273. The predicted molar refractivity (Wildman–Crippen MR) is 76.0 cm³/mol. The van der Waals surface area contributed by atoms with E-state index < -0.39 is 15.9 Å². The van der Waals surface area contributed by atoms with Crippen LogP contribution in [0.1, 0.15) is 15.9 Å². The number of aromatic hydroxyl groups is 1. The molecule has 0 atom stereocenters. The van der Waals surface area contributed by atoms with E-state index in [1.165, 1.54) is 30.3 Å². The molecule has 0 unspecified atom stereocenters. The Morgan fingerprint density at radius 1 is 1.10 bits per heavy atom. The van der Waals surface area contributed by atoms with Crippen molar-refractivity contribution in [3.05, 3.63) is 53.6 Å². The number of nitrogens with zero attached hydrogens (tertiary/aromatic N) is 1. The van der Waals surface area contributed by atoms with Crippen molar-refractivity contribution in [1.29, 1.82) is 0 Å². The number of sulfonamides is 1. The highest BCUT2D eigenvalue weighted by molar-refractivity contribution is 7.90. The first-order valence-electron chi connectivity index (χ1n) is 6.14. The van der Waals surface area contributed by atoms with Gasteiger partial charge in [-0.25, -0.2) is 12.7 Å². The van der Waals surface area contributed by atoms with Crippen LogP contribution in [-0.4, -0.2) is 23.7 Å². The molecular weight excluding hydrogens is 292 g/mol. The van der Waals surface area contributed by atoms with E-state index in [2.05, 4.69) is 0 Å². The second-order valence-corrected chi connectivity index (χ2v) is 6.57. The smallest absolute Gasteiger partial charge is 0.269 e. The van der Waals surface area contributed by atoms with Crippen molar-refractivity contribution in [2.45, 2.75) is 11.4 Å². The summed E-state index contributed by atoms with van der Waals surface area (Å²) in [4.78, 5) is 12.3. The van der Waals surface area contributed by atoms with Gasteiger partial charge in [-0.1, -0.05) is 12.1 Å². The van der Waals surface area contributed by atoms with Crippen molar-refractivity contribution >= 4 is 21.6 Å². The van der Waals surface area contributed by atoms with Gasteiger partial charge in [0, 0.05) is 5.69 Å². The third-order valence-corrected chi connectivity index (χ3v) is 5.08. The number of rotatable bonds is 2. The standard InChI is InChI=1S/C14H12N2O4S/c15-10-3-6-13-12(7-10)14(18)16(21(13,19)20)8-9-1-4-11(17)5-2-9/h1-7,17H,8,15H2. The summed E-state index contributed by atoms with van der Waals surface area (Å²) in [7, 11) is -3.85. The Morgan fingerprint density at radius 2 is 1.76 bits per heavy atom. The third-order valence-electron chi connectivity index (χ3n) is 3.29. The molecule has 0 aliphatic carbocycles. The van der Waals surface area contributed by atoms with Crippen molar-refractivity contribution in [3.8, 4) is 5.75 Å². The summed E-state index contributed by atoms with van der Waals surface area (Å²) in [6, 6.07) is 10.2. The Labute approximate surface area is 121 Å². The van der Waals surface area contributed by atoms with E-state index in [1.54, 1.807) is 12.1 Å². The van der Waals surface area contributed by atoms with Crippen LogP contribution in [0.4, 0.5) is 5.69 Å². The summed E-state index contributed by atoms with van der Waals surface area (Å²) in [5.74, 6) is -0.518. The molecular formula is C14H12N2O4S. The van der Waals surface area contributed by atoms with Gasteiger partial charge < -0.3 is 10.8 Å². The van der Waals surface area contributed by atoms with Gasteiger partial charge in [0.2, 0.25) is 0 Å². The number of anilines is 1. The predicted octanol–water partition coefficient (Wildman–Crippen LogP) is 1.32. The molecule has 1 aliphatic rings. The number of nitrogens with two attached hydrogens (primary N) is 1. The minimum Gasteiger partial charge on any atom is -0.508 e. The lowest BCUT2D eigenvalue weighted by molar-refractivity contribution is 0.0865. The topological polar surface area (TPSA) is 101 Å². The summed E-state index contributed by atoms with van der Waals surface area (Å²) in [5.41, 5.74) is 6.63. The zero-order chi connectivity index (χ0) is 15.2. The third kappa shape index (κ3) is 2.11. The number of benzene rings is 2. The van der Waals surface area contributed by atoms with Crippen LogP contribution in [0.15, 0.2) is 47.4 Å². The Balaban J connectivity index is 2.02. The maximum atomic E-state index is 12.4. The summed E-state index contributed by atoms with van der Waals surface area (Å²) in [6.45, 7) is -0.0873. The largest absolute Gasteiger partial charge is 0.508 e. The van der Waals surface area contributed by atoms with Crippen LogP contribution in [0, 0.1) is 0 Å². The molecule has 0 radical (unpaired) electrons. The van der Waals surface area contributed by atoms with Gasteiger partial charge in [0.1, 0.15) is 10.6 Å². The van der Waals surface area contributed by atoms with Crippen LogP contribution in [0.25, 0.3) is 0 Å². The fourth-order valence-electron chi connectivity index (χ4n) is 2.23. The highest BCUT2D eigenvalue weighted by Gasteiger charge is 2.41. The van der Waals surface area contributed by atoms with Gasteiger partial charge in [-0.15, -0.1) is 0 Å². The van der Waals surface area contributed by atoms with Crippen LogP contribution in [0.3, 0.4) is 0 Å². The van der Waals surface area contributed by atoms with Crippen molar-refractivity contribution < 1.29 is 18.3 Å². The molecule has 0 spiro atoms. The van der Waals surface area contributed by atoms with E-state index in [-0.39, 0.29) is 22.8 Å². The summed E-state index contributed by atoms with van der Waals surface area (Å²) in [6.07, 6.45) is 0. The molecule has 2 aromatic carbocycles. The molecule has 0 fully saturated rings. The fraction of sp³-hybridized carbons (Fsp3) is 0.0714. The van der Waals surface area contributed by atoms with E-state index in [0.29, 0.717) is 11.3 Å². The van der Waals surface area contributed by atoms with E-state index in [4.69, 9.17) is 5.73 Å². The van der Waals surface area contributed by atoms with E-state index in [0.717, 1.165) is 4.31 Å². The Kier molecular flexibility index (Phi) is 2.87. The van der Waals surface area contributed by atoms with Gasteiger partial charge in [0.05, 0.1) is 12.1 Å². The Bertz CT molecular complexity index is 829. The van der Waals surface area contributed by atoms with E-state index >= 15 is 0 Å². The first kappa shape index (κ1) is 13.4. The van der Waals surface area contributed by atoms with Crippen molar-refractivity contribution in [2.24, 2.45) is 0 Å². The molecule has 1 heterocycles. The average molecular weight is 304 g/mol. The molecule has 3 rings (SSSR count). The molecule has 1 aliphatic heterocycles. The van der Waals surface area contributed by atoms with Gasteiger partial charge in [0.15, 0.2) is 0 Å².